The van der Waals surface area contributed by atoms with Gasteiger partial charge in [-0.05, 0) is 160 Å². The van der Waals surface area contributed by atoms with Crippen LogP contribution in [0, 0.1) is 62.5 Å². The van der Waals surface area contributed by atoms with Crippen LogP contribution in [0.1, 0.15) is 11.1 Å². The van der Waals surface area contributed by atoms with Crippen molar-refractivity contribution in [3.05, 3.63) is 461 Å². The summed E-state index contributed by atoms with van der Waals surface area (Å²) in [6, 6.07) is 131. The molecule has 0 N–H and O–H groups in total. The number of hydrogen-bond donors (Lipinski definition) is 0. The summed E-state index contributed by atoms with van der Waals surface area (Å²) in [6.45, 7) is 4.17. The Bertz CT molecular complexity index is 6720. The number of benzene rings is 8. The monoisotopic (exact) mass is 2400 g/mol. The second-order valence-corrected chi connectivity index (χ2v) is 28.1. The summed E-state index contributed by atoms with van der Waals surface area (Å²) in [5, 5.41) is 6.09. The van der Waals surface area contributed by atoms with E-state index in [9.17, 15) is 0 Å². The SMILES string of the molecule is Cc1cnc(-c2[c-]cccc2)cc1C.[Ir].[Ir].[Ir].[Ir].[c-]1cc2c(cc1-c1ccccn1)oc1cccnc12.[c-]1cc2c(cc1-c1ccccn1)oc1ncccc12.[c-]1cc2c(nc1-c1ccccn1)oc1ccccc12.[c-]1ccccc1-c1ccccn1.[c-]1ccccc1-c1ccccn1.[c-]1ccccc1-c1ccccn1.[c-]1nc2c(cc1-c1ccccn1)oc1ccccc12. The Kier molecular flexibility index (Phi) is 33.4. The van der Waals surface area contributed by atoms with Crippen LogP contribution in [0.2, 0.25) is 0 Å². The minimum absolute atomic E-state index is 0. The van der Waals surface area contributed by atoms with Crippen molar-refractivity contribution in [3.8, 4) is 90.2 Å². The average molecular weight is 2390 g/mol. The molecule has 0 unspecified atom stereocenters. The number of para-hydroxylation sites is 2. The van der Waals surface area contributed by atoms with E-state index in [1.54, 1.807) is 55.8 Å². The molecule has 0 fully saturated rings. The van der Waals surface area contributed by atoms with E-state index < -0.39 is 0 Å². The number of aromatic nitrogens is 12. The largest absolute Gasteiger partial charge is 0.475 e. The number of fused-ring (bicyclic) bond motifs is 12. The first-order valence-corrected chi connectivity index (χ1v) is 40.3. The third-order valence-electron chi connectivity index (χ3n) is 19.7. The van der Waals surface area contributed by atoms with Crippen LogP contribution in [0.15, 0.2) is 419 Å². The van der Waals surface area contributed by atoms with Gasteiger partial charge in [0, 0.05) is 159 Å². The molecule has 640 valence electrons. The van der Waals surface area contributed by atoms with Crippen LogP contribution >= 0.6 is 0 Å². The fourth-order valence-electron chi connectivity index (χ4n) is 13.4. The van der Waals surface area contributed by atoms with Crippen molar-refractivity contribution in [2.24, 2.45) is 0 Å². The molecule has 0 aliphatic rings. The van der Waals surface area contributed by atoms with E-state index in [0.29, 0.717) is 17.1 Å². The third-order valence-corrected chi connectivity index (χ3v) is 19.7. The van der Waals surface area contributed by atoms with Crippen LogP contribution in [0.5, 0.6) is 0 Å². The van der Waals surface area contributed by atoms with Crippen LogP contribution in [0.4, 0.5) is 0 Å². The zero-order chi connectivity index (χ0) is 85.3. The molecule has 16 aromatic heterocycles. The zero-order valence-corrected chi connectivity index (χ0v) is 79.0. The van der Waals surface area contributed by atoms with E-state index in [4.69, 9.17) is 17.7 Å². The molecule has 0 amide bonds. The summed E-state index contributed by atoms with van der Waals surface area (Å²) >= 11 is 0. The first kappa shape index (κ1) is 93.0. The Hall–Kier alpha value is -14.6. The molecule has 0 atom stereocenters. The van der Waals surface area contributed by atoms with Crippen molar-refractivity contribution >= 4 is 88.3 Å². The van der Waals surface area contributed by atoms with Gasteiger partial charge in [0.2, 0.25) is 5.71 Å². The van der Waals surface area contributed by atoms with Crippen LogP contribution in [0.25, 0.3) is 178 Å². The number of rotatable bonds is 8. The normalized spacial score (nSPS) is 10.3. The van der Waals surface area contributed by atoms with Crippen molar-refractivity contribution in [3.63, 3.8) is 0 Å². The van der Waals surface area contributed by atoms with Gasteiger partial charge in [-0.1, -0.05) is 168 Å². The molecule has 0 aliphatic carbocycles. The minimum Gasteiger partial charge on any atom is -0.475 e. The Morgan fingerprint density at radius 2 is 0.600 bits per heavy atom. The van der Waals surface area contributed by atoms with Gasteiger partial charge < -0.3 is 62.5 Å². The minimum atomic E-state index is 0. The standard InChI is InChI=1S/4C16H9N2O.C13H12N.3C11H8N.4Ir/c1-2-8-17-14(5-1)11-6-7-12-13-4-3-9-18-16(13)19-15(12)10-11;1-2-7-15-11(5-1)12-8-9-14(18-16(12)19-15)13-6-3-4-10-17-13;1-2-7-14-12(5-1)16-15(19-14)9-11(10-18-16)13-6-3-4-8-17-13;1-2-8-17-13(4-1)11-6-7-12-15(10-11)19-14-5-3-9-18-16(12)14;1-10-8-13(14-9-11(10)2)12-6-4-3-5-7-12;3*1-2-6-10(7-3-1)11-8-4-5-9-12-11;;;;/h1-5,7-10H;1-8,10H;1-9H;1-5,7-10H;3-6,8-9H,1-2H3;3*1-6,8-9H;;;;/q8*-1;;;;. The maximum absolute atomic E-state index is 5.80. The van der Waals surface area contributed by atoms with E-state index in [1.807, 2.05) is 340 Å². The molecule has 4 radical (unpaired) electrons. The number of furan rings is 4. The van der Waals surface area contributed by atoms with Crippen molar-refractivity contribution in [1.82, 2.24) is 59.8 Å². The Labute approximate surface area is 804 Å². The molecule has 24 rings (SSSR count). The predicted octanol–water partition coefficient (Wildman–Crippen LogP) is 26.2. The number of hydrogen-bond acceptors (Lipinski definition) is 16. The molecule has 0 saturated carbocycles. The zero-order valence-electron chi connectivity index (χ0n) is 69.4. The van der Waals surface area contributed by atoms with Crippen molar-refractivity contribution in [1.29, 1.82) is 0 Å². The van der Waals surface area contributed by atoms with Gasteiger partial charge in [0.05, 0.1) is 22.3 Å². The predicted molar refractivity (Wildman–Crippen MR) is 498 cm³/mol. The molecular weight excluding hydrogens is 2320 g/mol. The summed E-state index contributed by atoms with van der Waals surface area (Å²) in [5.41, 5.74) is 25.3. The summed E-state index contributed by atoms with van der Waals surface area (Å²) in [6.07, 6.45) is 20.8. The van der Waals surface area contributed by atoms with Crippen LogP contribution in [0.3, 0.4) is 0 Å². The Morgan fingerprint density at radius 1 is 0.223 bits per heavy atom. The second kappa shape index (κ2) is 46.7. The number of pyridine rings is 12. The molecule has 0 aliphatic heterocycles. The molecule has 16 heterocycles. The molecule has 130 heavy (non-hydrogen) atoms. The molecule has 0 saturated heterocycles. The molecule has 16 nitrogen and oxygen atoms in total. The smallest absolute Gasteiger partial charge is 0.215 e. The fourth-order valence-corrected chi connectivity index (χ4v) is 13.4. The first-order chi connectivity index (χ1) is 62.3. The molecule has 24 aromatic rings. The van der Waals surface area contributed by atoms with Crippen molar-refractivity contribution in [2.45, 2.75) is 13.8 Å². The van der Waals surface area contributed by atoms with Gasteiger partial charge in [0.1, 0.15) is 16.7 Å². The van der Waals surface area contributed by atoms with Gasteiger partial charge >= 0.3 is 0 Å². The molecule has 8 aromatic carbocycles. The molecule has 0 bridgehead atoms. The van der Waals surface area contributed by atoms with Crippen molar-refractivity contribution < 1.29 is 98.1 Å². The van der Waals surface area contributed by atoms with E-state index in [2.05, 4.69) is 128 Å². The quantitative estimate of drug-likeness (QED) is 0.130. The van der Waals surface area contributed by atoms with Gasteiger partial charge in [0.25, 0.3) is 0 Å². The van der Waals surface area contributed by atoms with Gasteiger partial charge in [-0.3, -0.25) is 4.98 Å². The van der Waals surface area contributed by atoms with E-state index in [0.717, 1.165) is 161 Å². The van der Waals surface area contributed by atoms with Crippen molar-refractivity contribution in [2.75, 3.05) is 0 Å². The van der Waals surface area contributed by atoms with Gasteiger partial charge in [-0.2, -0.15) is 12.1 Å². The first-order valence-electron chi connectivity index (χ1n) is 40.3. The van der Waals surface area contributed by atoms with Gasteiger partial charge in [-0.25, -0.2) is 9.97 Å². The maximum Gasteiger partial charge on any atom is 0.215 e. The van der Waals surface area contributed by atoms with Gasteiger partial charge in [0.15, 0.2) is 5.71 Å². The second-order valence-electron chi connectivity index (χ2n) is 28.1. The number of aryl methyl sites for hydroxylation is 2. The number of nitrogens with zero attached hydrogens (tertiary/aromatic N) is 12. The van der Waals surface area contributed by atoms with Gasteiger partial charge in [-0.15, -0.1) is 185 Å². The topological polar surface area (TPSA) is 207 Å². The van der Waals surface area contributed by atoms with E-state index in [1.165, 1.54) is 11.1 Å². The molecule has 20 heteroatoms. The summed E-state index contributed by atoms with van der Waals surface area (Å²) in [5.74, 6) is 0. The van der Waals surface area contributed by atoms with E-state index >= 15 is 0 Å². The maximum atomic E-state index is 5.80. The Morgan fingerprint density at radius 3 is 1.09 bits per heavy atom. The summed E-state index contributed by atoms with van der Waals surface area (Å²) < 4.78 is 23.1. The average Bonchev–Trinajstić information content (AvgIpc) is 1.65. The summed E-state index contributed by atoms with van der Waals surface area (Å²) in [7, 11) is 0. The van der Waals surface area contributed by atoms with Crippen LogP contribution in [-0.4, -0.2) is 59.8 Å². The summed E-state index contributed by atoms with van der Waals surface area (Å²) in [4.78, 5) is 51.7. The Balaban J connectivity index is 0.000000127. The van der Waals surface area contributed by atoms with E-state index in [-0.39, 0.29) is 80.4 Å². The van der Waals surface area contributed by atoms with Crippen LogP contribution in [-0.2, 0) is 80.4 Å². The molecular formula is C110H72Ir4N12O4-8. The van der Waals surface area contributed by atoms with Crippen LogP contribution < -0.4 is 0 Å². The molecule has 0 spiro atoms. The third kappa shape index (κ3) is 23.6. The fraction of sp³-hybridized carbons (Fsp3) is 0.0182.